The van der Waals surface area contributed by atoms with Crippen LogP contribution in [0.5, 0.6) is 0 Å². The second-order valence-corrected chi connectivity index (χ2v) is 4.65. The molecule has 84 valence electrons. The highest BCUT2D eigenvalue weighted by molar-refractivity contribution is 5.29. The van der Waals surface area contributed by atoms with Crippen molar-refractivity contribution in [1.82, 2.24) is 0 Å². The number of hydrogen-bond acceptors (Lipinski definition) is 0. The fourth-order valence-electron chi connectivity index (χ4n) is 2.98. The van der Waals surface area contributed by atoms with Crippen molar-refractivity contribution in [3.63, 3.8) is 0 Å². The largest absolute Gasteiger partial charge is 0.0991 e. The second kappa shape index (κ2) is 5.95. The minimum absolute atomic E-state index is 0.420. The van der Waals surface area contributed by atoms with Crippen molar-refractivity contribution in [3.8, 4) is 0 Å². The molecule has 0 spiro atoms. The molecule has 1 aliphatic rings. The predicted octanol–water partition coefficient (Wildman–Crippen LogP) is 5.04. The van der Waals surface area contributed by atoms with Gasteiger partial charge in [0, 0.05) is 0 Å². The molecule has 1 aliphatic carbocycles. The molecule has 0 aliphatic heterocycles. The highest BCUT2D eigenvalue weighted by Crippen LogP contribution is 2.46. The highest BCUT2D eigenvalue weighted by atomic mass is 14.4. The van der Waals surface area contributed by atoms with E-state index in [4.69, 9.17) is 0 Å². The molecule has 0 aromatic heterocycles. The predicted molar refractivity (Wildman–Crippen MR) is 68.9 cm³/mol. The Morgan fingerprint density at radius 1 is 1.20 bits per heavy atom. The van der Waals surface area contributed by atoms with Gasteiger partial charge in [-0.25, -0.2) is 0 Å². The van der Waals surface area contributed by atoms with Crippen LogP contribution in [0.25, 0.3) is 0 Å². The zero-order chi connectivity index (χ0) is 11.1. The lowest BCUT2D eigenvalue weighted by molar-refractivity contribution is 0.225. The Kier molecular flexibility index (Phi) is 4.87. The van der Waals surface area contributed by atoms with Crippen LogP contribution in [0.2, 0.25) is 0 Å². The molecule has 0 nitrogen and oxygen atoms in total. The Balaban J connectivity index is 2.91. The Bertz CT molecular complexity index is 233. The summed E-state index contributed by atoms with van der Waals surface area (Å²) < 4.78 is 0. The highest BCUT2D eigenvalue weighted by Gasteiger charge is 2.32. The van der Waals surface area contributed by atoms with E-state index in [2.05, 4.69) is 26.2 Å². The molecule has 0 aromatic carbocycles. The van der Waals surface area contributed by atoms with Crippen LogP contribution < -0.4 is 0 Å². The molecule has 15 heavy (non-hydrogen) atoms. The van der Waals surface area contributed by atoms with Gasteiger partial charge in [0.2, 0.25) is 0 Å². The van der Waals surface area contributed by atoms with Crippen molar-refractivity contribution in [2.75, 3.05) is 0 Å². The van der Waals surface area contributed by atoms with E-state index in [1.54, 1.807) is 0 Å². The van der Waals surface area contributed by atoms with E-state index in [0.29, 0.717) is 5.41 Å². The molecule has 0 radical (unpaired) electrons. The Hall–Kier alpha value is -0.780. The van der Waals surface area contributed by atoms with Gasteiger partial charge >= 0.3 is 0 Å². The summed E-state index contributed by atoms with van der Waals surface area (Å²) in [5.74, 6) is 0. The van der Waals surface area contributed by atoms with Crippen LogP contribution in [-0.4, -0.2) is 0 Å². The smallest absolute Gasteiger partial charge is 0.00473 e. The van der Waals surface area contributed by atoms with Crippen molar-refractivity contribution in [3.05, 3.63) is 37.0 Å². The molecule has 0 atom stereocenters. The number of hydrogen-bond donors (Lipinski definition) is 0. The lowest BCUT2D eigenvalue weighted by Crippen LogP contribution is -2.25. The standard InChI is InChI=1S/C15H24/c1-4-10-14(6-3)15(11-5-2)12-8-7-9-13-15/h4,6,10H,1,3,5,7-9,11-13H2,2H3/b14-10+. The first-order chi connectivity index (χ1) is 7.29. The third-order valence-electron chi connectivity index (χ3n) is 3.67. The van der Waals surface area contributed by atoms with Crippen molar-refractivity contribution in [2.24, 2.45) is 5.41 Å². The van der Waals surface area contributed by atoms with Crippen LogP contribution in [0.4, 0.5) is 0 Å². The maximum atomic E-state index is 3.97. The van der Waals surface area contributed by atoms with Crippen molar-refractivity contribution >= 4 is 0 Å². The summed E-state index contributed by atoms with van der Waals surface area (Å²) >= 11 is 0. The third kappa shape index (κ3) is 2.84. The Labute approximate surface area is 94.8 Å². The maximum Gasteiger partial charge on any atom is -0.00473 e. The Morgan fingerprint density at radius 3 is 2.33 bits per heavy atom. The van der Waals surface area contributed by atoms with E-state index in [1.807, 2.05) is 12.2 Å². The van der Waals surface area contributed by atoms with E-state index >= 15 is 0 Å². The summed E-state index contributed by atoms with van der Waals surface area (Å²) in [6.45, 7) is 10.1. The van der Waals surface area contributed by atoms with Crippen LogP contribution in [0.3, 0.4) is 0 Å². The van der Waals surface area contributed by atoms with Gasteiger partial charge in [-0.05, 0) is 30.3 Å². The van der Waals surface area contributed by atoms with Gasteiger partial charge in [0.25, 0.3) is 0 Å². The van der Waals surface area contributed by atoms with Gasteiger partial charge in [0.15, 0.2) is 0 Å². The van der Waals surface area contributed by atoms with E-state index in [1.165, 1.54) is 50.5 Å². The summed E-state index contributed by atoms with van der Waals surface area (Å²) in [7, 11) is 0. The van der Waals surface area contributed by atoms with Gasteiger partial charge in [-0.3, -0.25) is 0 Å². The van der Waals surface area contributed by atoms with Gasteiger partial charge in [-0.2, -0.15) is 0 Å². The third-order valence-corrected chi connectivity index (χ3v) is 3.67. The summed E-state index contributed by atoms with van der Waals surface area (Å²) in [4.78, 5) is 0. The van der Waals surface area contributed by atoms with Crippen molar-refractivity contribution in [1.29, 1.82) is 0 Å². The fraction of sp³-hybridized carbons (Fsp3) is 0.600. The van der Waals surface area contributed by atoms with E-state index in [-0.39, 0.29) is 0 Å². The van der Waals surface area contributed by atoms with E-state index < -0.39 is 0 Å². The molecular weight excluding hydrogens is 180 g/mol. The molecule has 0 N–H and O–H groups in total. The molecule has 1 saturated carbocycles. The van der Waals surface area contributed by atoms with Gasteiger partial charge in [0.1, 0.15) is 0 Å². The fourth-order valence-corrected chi connectivity index (χ4v) is 2.98. The molecule has 0 saturated heterocycles. The maximum absolute atomic E-state index is 3.97. The molecule has 0 amide bonds. The van der Waals surface area contributed by atoms with Crippen LogP contribution in [0.15, 0.2) is 37.0 Å². The van der Waals surface area contributed by atoms with Crippen molar-refractivity contribution in [2.45, 2.75) is 51.9 Å². The van der Waals surface area contributed by atoms with Crippen LogP contribution in [0.1, 0.15) is 51.9 Å². The average molecular weight is 204 g/mol. The molecule has 0 unspecified atom stereocenters. The van der Waals surface area contributed by atoms with Gasteiger partial charge in [-0.15, -0.1) is 0 Å². The number of rotatable bonds is 5. The summed E-state index contributed by atoms with van der Waals surface area (Å²) in [6.07, 6.45) is 15.5. The van der Waals surface area contributed by atoms with Crippen LogP contribution in [-0.2, 0) is 0 Å². The summed E-state index contributed by atoms with van der Waals surface area (Å²) in [5, 5.41) is 0. The SMILES string of the molecule is C=C/C=C(\C=C)C1(CCC)CCCCC1. The van der Waals surface area contributed by atoms with Gasteiger partial charge in [0.05, 0.1) is 0 Å². The molecule has 1 fully saturated rings. The monoisotopic (exact) mass is 204 g/mol. The normalized spacial score (nSPS) is 21.0. The summed E-state index contributed by atoms with van der Waals surface area (Å²) in [6, 6.07) is 0. The quantitative estimate of drug-likeness (QED) is 0.551. The summed E-state index contributed by atoms with van der Waals surface area (Å²) in [5.41, 5.74) is 1.84. The second-order valence-electron chi connectivity index (χ2n) is 4.65. The van der Waals surface area contributed by atoms with E-state index in [0.717, 1.165) is 0 Å². The molecule has 0 heteroatoms. The van der Waals surface area contributed by atoms with Crippen LogP contribution in [0, 0.1) is 5.41 Å². The first kappa shape index (κ1) is 12.3. The van der Waals surface area contributed by atoms with Crippen LogP contribution >= 0.6 is 0 Å². The molecule has 0 bridgehead atoms. The zero-order valence-corrected chi connectivity index (χ0v) is 10.1. The first-order valence-electron chi connectivity index (χ1n) is 6.24. The molecular formula is C15H24. The van der Waals surface area contributed by atoms with Gasteiger partial charge in [-0.1, -0.05) is 64.0 Å². The average Bonchev–Trinajstić information content (AvgIpc) is 2.27. The zero-order valence-electron chi connectivity index (χ0n) is 10.1. The molecule has 1 rings (SSSR count). The minimum Gasteiger partial charge on any atom is -0.0991 e. The van der Waals surface area contributed by atoms with Crippen molar-refractivity contribution < 1.29 is 0 Å². The van der Waals surface area contributed by atoms with E-state index in [9.17, 15) is 0 Å². The molecule has 0 aromatic rings. The minimum atomic E-state index is 0.420. The number of allylic oxidation sites excluding steroid dienone is 4. The lowest BCUT2D eigenvalue weighted by atomic mass is 9.66. The van der Waals surface area contributed by atoms with Gasteiger partial charge < -0.3 is 0 Å². The Morgan fingerprint density at radius 2 is 1.87 bits per heavy atom. The lowest BCUT2D eigenvalue weighted by Gasteiger charge is -2.38. The molecule has 0 heterocycles. The topological polar surface area (TPSA) is 0 Å². The first-order valence-corrected chi connectivity index (χ1v) is 6.24.